The zero-order valence-electron chi connectivity index (χ0n) is 10.2. The first-order chi connectivity index (χ1) is 6.93. The van der Waals surface area contributed by atoms with Gasteiger partial charge in [0, 0.05) is 0 Å². The third kappa shape index (κ3) is 4.77. The van der Waals surface area contributed by atoms with Crippen molar-refractivity contribution in [2.45, 2.75) is 58.5 Å². The summed E-state index contributed by atoms with van der Waals surface area (Å²) < 4.78 is 5.62. The first kappa shape index (κ1) is 17.7. The van der Waals surface area contributed by atoms with Crippen LogP contribution >= 0.6 is 17.9 Å². The summed E-state index contributed by atoms with van der Waals surface area (Å²) >= 11 is 8.85. The van der Waals surface area contributed by atoms with Crippen LogP contribution in [-0.2, 0) is 16.3 Å². The van der Waals surface area contributed by atoms with Gasteiger partial charge in [0.05, 0.1) is 6.10 Å². The predicted molar refractivity (Wildman–Crippen MR) is 80.4 cm³/mol. The molecule has 0 heterocycles. The summed E-state index contributed by atoms with van der Waals surface area (Å²) in [5.74, 6) is 0. The molecule has 1 aliphatic carbocycles. The molecule has 1 rings (SSSR count). The van der Waals surface area contributed by atoms with Gasteiger partial charge in [-0.2, -0.15) is 0 Å². The summed E-state index contributed by atoms with van der Waals surface area (Å²) in [4.78, 5) is 9.56. The van der Waals surface area contributed by atoms with Crippen LogP contribution in [0.3, 0.4) is 0 Å². The number of rotatable bonds is 4. The first-order valence-electron chi connectivity index (χ1n) is 5.67. The molecule has 6 heteroatoms. The number of hydrogen-bond donors (Lipinski definition) is 2. The summed E-state index contributed by atoms with van der Waals surface area (Å²) in [6, 6.07) is 0. The van der Waals surface area contributed by atoms with Crippen LogP contribution in [0.1, 0.15) is 52.4 Å². The van der Waals surface area contributed by atoms with Gasteiger partial charge in [-0.1, -0.05) is 38.9 Å². The van der Waals surface area contributed by atoms with E-state index in [1.165, 1.54) is 19.3 Å². The fourth-order valence-electron chi connectivity index (χ4n) is 2.66. The van der Waals surface area contributed by atoms with E-state index in [1.807, 2.05) is 0 Å². The monoisotopic (exact) mass is 390 g/mol. The van der Waals surface area contributed by atoms with Gasteiger partial charge in [-0.25, -0.2) is 0 Å². The molecule has 0 bridgehead atoms. The third-order valence-electron chi connectivity index (χ3n) is 3.75. The van der Waals surface area contributed by atoms with E-state index in [9.17, 15) is 4.89 Å². The van der Waals surface area contributed by atoms with Gasteiger partial charge in [-0.15, -0.1) is 0 Å². The molecular formula is C10H23O2PS2Sn. The van der Waals surface area contributed by atoms with Crippen molar-refractivity contribution in [1.82, 2.24) is 0 Å². The fraction of sp³-hybridized carbons (Fsp3) is 1.00. The van der Waals surface area contributed by atoms with Gasteiger partial charge in [-0.05, 0) is 42.9 Å². The van der Waals surface area contributed by atoms with E-state index in [0.29, 0.717) is 0 Å². The van der Waals surface area contributed by atoms with Gasteiger partial charge in [0.15, 0.2) is 0 Å². The molecule has 2 nitrogen and oxygen atoms in total. The molecule has 1 saturated carbocycles. The van der Waals surface area contributed by atoms with Crippen molar-refractivity contribution in [1.29, 1.82) is 0 Å². The summed E-state index contributed by atoms with van der Waals surface area (Å²) in [6.07, 6.45) is 6.94. The van der Waals surface area contributed by atoms with E-state index >= 15 is 0 Å². The topological polar surface area (TPSA) is 29.5 Å². The molecule has 0 saturated heterocycles. The zero-order valence-corrected chi connectivity index (χ0v) is 16.8. The van der Waals surface area contributed by atoms with Crippen LogP contribution in [0.15, 0.2) is 0 Å². The Morgan fingerprint density at radius 2 is 2.00 bits per heavy atom. The van der Waals surface area contributed by atoms with Crippen LogP contribution in [0.25, 0.3) is 0 Å². The van der Waals surface area contributed by atoms with Crippen LogP contribution < -0.4 is 0 Å². The molecule has 16 heavy (non-hydrogen) atoms. The minimum absolute atomic E-state index is 0. The summed E-state index contributed by atoms with van der Waals surface area (Å²) in [7, 11) is 0. The van der Waals surface area contributed by atoms with Gasteiger partial charge in [0.2, 0.25) is 5.69 Å². The van der Waals surface area contributed by atoms with E-state index in [2.05, 4.69) is 26.1 Å². The van der Waals surface area contributed by atoms with E-state index in [0.717, 1.165) is 19.3 Å². The van der Waals surface area contributed by atoms with Crippen LogP contribution in [0, 0.1) is 5.41 Å². The summed E-state index contributed by atoms with van der Waals surface area (Å²) in [6.45, 7) is 4.40. The molecule has 1 aliphatic rings. The van der Waals surface area contributed by atoms with Crippen LogP contribution in [-0.4, -0.2) is 34.9 Å². The average molecular weight is 389 g/mol. The normalized spacial score (nSPS) is 27.9. The van der Waals surface area contributed by atoms with Crippen molar-refractivity contribution in [2.75, 3.05) is 0 Å². The Labute approximate surface area is 126 Å². The van der Waals surface area contributed by atoms with Gasteiger partial charge in [0.1, 0.15) is 0 Å². The maximum absolute atomic E-state index is 9.56. The third-order valence-corrected chi connectivity index (χ3v) is 4.82. The molecule has 2 atom stereocenters. The molecule has 0 aromatic heterocycles. The molecule has 0 aliphatic heterocycles. The Balaban J connectivity index is 0.00000225. The average Bonchev–Trinajstić information content (AvgIpc) is 2.17. The van der Waals surface area contributed by atoms with Crippen LogP contribution in [0.4, 0.5) is 0 Å². The fourth-order valence-corrected chi connectivity index (χ4v) is 3.98. The predicted octanol–water partition coefficient (Wildman–Crippen LogP) is 2.98. The van der Waals surface area contributed by atoms with Crippen LogP contribution in [0.2, 0.25) is 0 Å². The Morgan fingerprint density at radius 1 is 1.44 bits per heavy atom. The van der Waals surface area contributed by atoms with Crippen molar-refractivity contribution >= 4 is 53.7 Å². The Bertz CT molecular complexity index is 253. The summed E-state index contributed by atoms with van der Waals surface area (Å²) in [5.41, 5.74) is -2.60. The number of hydrogen-bond acceptors (Lipinski definition) is 2. The molecule has 1 fully saturated rings. The van der Waals surface area contributed by atoms with Crippen molar-refractivity contribution in [3.8, 4) is 0 Å². The second-order valence-electron chi connectivity index (χ2n) is 4.40. The number of thiol groups is 1. The molecule has 0 spiro atoms. The van der Waals surface area contributed by atoms with E-state index < -0.39 is 5.69 Å². The quantitative estimate of drug-likeness (QED) is 0.440. The Kier molecular flexibility index (Phi) is 8.13. The van der Waals surface area contributed by atoms with Gasteiger partial charge >= 0.3 is 23.9 Å². The zero-order chi connectivity index (χ0) is 11.5. The van der Waals surface area contributed by atoms with Crippen molar-refractivity contribution in [2.24, 2.45) is 5.41 Å². The van der Waals surface area contributed by atoms with Gasteiger partial charge in [-0.3, -0.25) is 0 Å². The molecule has 1 N–H and O–H groups in total. The van der Waals surface area contributed by atoms with E-state index in [4.69, 9.17) is 16.3 Å². The molecule has 0 aromatic rings. The van der Waals surface area contributed by atoms with Gasteiger partial charge in [0.25, 0.3) is 0 Å². The standard InChI is InChI=1S/C10H21O2PS2.Sn.2H/c1-3-10(4-2)8-6-5-7-9(10)12-13(11,14)15;;;/h9H,3-8H2,1-2H3,(H2,11,14,15);;;. The van der Waals surface area contributed by atoms with Crippen molar-refractivity contribution < 1.29 is 9.42 Å². The van der Waals surface area contributed by atoms with Crippen molar-refractivity contribution in [3.05, 3.63) is 0 Å². The Morgan fingerprint density at radius 3 is 2.44 bits per heavy atom. The molecule has 2 unspecified atom stereocenters. The van der Waals surface area contributed by atoms with Gasteiger partial charge < -0.3 is 9.42 Å². The minimum atomic E-state index is -2.81. The SMILES string of the molecule is CCC1(CC)CCCCC1OP(O)(=S)S.[SnH2]. The molecule has 0 amide bonds. The second kappa shape index (κ2) is 7.34. The molecule has 96 valence electrons. The summed E-state index contributed by atoms with van der Waals surface area (Å²) in [5, 5.41) is 0. The molecular weight excluding hydrogens is 366 g/mol. The molecule has 0 aromatic carbocycles. The van der Waals surface area contributed by atoms with E-state index in [-0.39, 0.29) is 35.4 Å². The van der Waals surface area contributed by atoms with E-state index in [1.54, 1.807) is 0 Å². The van der Waals surface area contributed by atoms with Crippen LogP contribution in [0.5, 0.6) is 0 Å². The second-order valence-corrected chi connectivity index (χ2v) is 9.52. The molecule has 2 radical (unpaired) electrons. The van der Waals surface area contributed by atoms with Crippen molar-refractivity contribution in [3.63, 3.8) is 0 Å². The Hall–Kier alpha value is 1.72. The first-order valence-corrected chi connectivity index (χ1v) is 9.50. The maximum atomic E-state index is 9.56.